The number of rotatable bonds is 5. The predicted molar refractivity (Wildman–Crippen MR) is 102 cm³/mol. The molecule has 4 rings (SSSR count). The lowest BCUT2D eigenvalue weighted by molar-refractivity contribution is 0.214. The van der Waals surface area contributed by atoms with Crippen LogP contribution >= 0.6 is 11.6 Å². The molecule has 134 valence electrons. The van der Waals surface area contributed by atoms with Crippen LogP contribution in [0.2, 0.25) is 5.02 Å². The van der Waals surface area contributed by atoms with E-state index in [-0.39, 0.29) is 5.54 Å². The topological polar surface area (TPSA) is 55.6 Å². The van der Waals surface area contributed by atoms with E-state index in [0.29, 0.717) is 5.02 Å². The molecule has 5 nitrogen and oxygen atoms in total. The summed E-state index contributed by atoms with van der Waals surface area (Å²) in [6.45, 7) is 0.800. The zero-order valence-corrected chi connectivity index (χ0v) is 15.4. The quantitative estimate of drug-likeness (QED) is 0.731. The van der Waals surface area contributed by atoms with Gasteiger partial charge in [-0.25, -0.2) is 0 Å². The molecular weight excluding hydrogens is 346 g/mol. The van der Waals surface area contributed by atoms with E-state index in [9.17, 15) is 0 Å². The van der Waals surface area contributed by atoms with Crippen molar-refractivity contribution in [3.05, 3.63) is 71.0 Å². The van der Waals surface area contributed by atoms with Crippen molar-refractivity contribution in [3.8, 4) is 5.69 Å². The van der Waals surface area contributed by atoms with Gasteiger partial charge >= 0.3 is 0 Å². The monoisotopic (exact) mass is 367 g/mol. The van der Waals surface area contributed by atoms with Gasteiger partial charge in [-0.3, -0.25) is 0 Å². The van der Waals surface area contributed by atoms with Gasteiger partial charge in [-0.2, -0.15) is 4.68 Å². The zero-order valence-electron chi connectivity index (χ0n) is 14.6. The van der Waals surface area contributed by atoms with E-state index in [1.54, 1.807) is 0 Å². The number of nitrogens with zero attached hydrogens (tertiary/aromatic N) is 4. The van der Waals surface area contributed by atoms with Gasteiger partial charge < -0.3 is 5.32 Å². The van der Waals surface area contributed by atoms with Crippen molar-refractivity contribution in [3.63, 3.8) is 0 Å². The number of halogens is 1. The van der Waals surface area contributed by atoms with Gasteiger partial charge in [0.05, 0.1) is 11.2 Å². The van der Waals surface area contributed by atoms with E-state index >= 15 is 0 Å². The SMILES string of the molecule is Clc1ccc(-n2nnnc2C2(NCc3ccccc3)CCCCC2)cc1. The first-order valence-electron chi connectivity index (χ1n) is 9.11. The second-order valence-electron chi connectivity index (χ2n) is 6.87. The molecule has 0 spiro atoms. The Morgan fingerprint density at radius 3 is 2.42 bits per heavy atom. The lowest BCUT2D eigenvalue weighted by Gasteiger charge is -2.37. The number of tetrazole rings is 1. The average molecular weight is 368 g/mol. The lowest BCUT2D eigenvalue weighted by Crippen LogP contribution is -2.45. The van der Waals surface area contributed by atoms with E-state index in [1.807, 2.05) is 35.0 Å². The minimum Gasteiger partial charge on any atom is -0.301 e. The molecule has 3 aromatic rings. The third-order valence-corrected chi connectivity index (χ3v) is 5.40. The Bertz CT molecular complexity index is 838. The third-order valence-electron chi connectivity index (χ3n) is 5.15. The Morgan fingerprint density at radius 1 is 0.962 bits per heavy atom. The van der Waals surface area contributed by atoms with Gasteiger partial charge in [-0.15, -0.1) is 5.10 Å². The van der Waals surface area contributed by atoms with Crippen molar-refractivity contribution in [1.82, 2.24) is 25.5 Å². The maximum Gasteiger partial charge on any atom is 0.176 e. The highest BCUT2D eigenvalue weighted by Gasteiger charge is 2.38. The van der Waals surface area contributed by atoms with E-state index in [1.165, 1.54) is 24.8 Å². The molecule has 26 heavy (non-hydrogen) atoms. The van der Waals surface area contributed by atoms with Gasteiger partial charge in [0.15, 0.2) is 5.82 Å². The van der Waals surface area contributed by atoms with Crippen LogP contribution in [-0.2, 0) is 12.1 Å². The molecule has 0 radical (unpaired) electrons. The summed E-state index contributed by atoms with van der Waals surface area (Å²) in [5.74, 6) is 0.885. The third kappa shape index (κ3) is 3.50. The number of hydrogen-bond donors (Lipinski definition) is 1. The van der Waals surface area contributed by atoms with Crippen LogP contribution in [0.4, 0.5) is 0 Å². The van der Waals surface area contributed by atoms with Crippen LogP contribution in [0.25, 0.3) is 5.69 Å². The van der Waals surface area contributed by atoms with Crippen molar-refractivity contribution in [2.75, 3.05) is 0 Å². The molecule has 6 heteroatoms. The first-order valence-corrected chi connectivity index (χ1v) is 9.48. The number of nitrogens with one attached hydrogen (secondary N) is 1. The van der Waals surface area contributed by atoms with Crippen LogP contribution in [-0.4, -0.2) is 20.2 Å². The molecule has 0 aliphatic heterocycles. The van der Waals surface area contributed by atoms with Gasteiger partial charge in [0.2, 0.25) is 0 Å². The molecule has 1 saturated carbocycles. The standard InChI is InChI=1S/C20H22ClN5/c21-17-9-11-18(12-10-17)26-19(23-24-25-26)20(13-5-2-6-14-20)22-15-16-7-3-1-4-8-16/h1,3-4,7-12,22H,2,5-6,13-15H2. The minimum absolute atomic E-state index is 0.211. The van der Waals surface area contributed by atoms with Crippen LogP contribution in [0.5, 0.6) is 0 Å². The summed E-state index contributed by atoms with van der Waals surface area (Å²) in [5, 5.41) is 17.2. The predicted octanol–water partition coefficient (Wildman–Crippen LogP) is 4.26. The summed E-state index contributed by atoms with van der Waals surface area (Å²) >= 11 is 6.03. The molecule has 0 saturated heterocycles. The molecule has 1 aliphatic carbocycles. The van der Waals surface area contributed by atoms with Crippen LogP contribution < -0.4 is 5.32 Å². The largest absolute Gasteiger partial charge is 0.301 e. The summed E-state index contributed by atoms with van der Waals surface area (Å²) in [5.41, 5.74) is 1.99. The highest BCUT2D eigenvalue weighted by Crippen LogP contribution is 2.37. The molecule has 1 aliphatic rings. The van der Waals surface area contributed by atoms with E-state index in [4.69, 9.17) is 11.6 Å². The Labute approximate surface area is 158 Å². The van der Waals surface area contributed by atoms with Gasteiger partial charge in [-0.1, -0.05) is 61.2 Å². The molecule has 0 atom stereocenters. The van der Waals surface area contributed by atoms with Gasteiger partial charge in [-0.05, 0) is 53.1 Å². The van der Waals surface area contributed by atoms with Crippen molar-refractivity contribution in [1.29, 1.82) is 0 Å². The van der Waals surface area contributed by atoms with Crippen LogP contribution in [0, 0.1) is 0 Å². The van der Waals surface area contributed by atoms with E-state index < -0.39 is 0 Å². The number of benzene rings is 2. The molecule has 1 N–H and O–H groups in total. The van der Waals surface area contributed by atoms with Gasteiger partial charge in [0, 0.05) is 11.6 Å². The molecule has 0 unspecified atom stereocenters. The fraction of sp³-hybridized carbons (Fsp3) is 0.350. The average Bonchev–Trinajstić information content (AvgIpc) is 3.19. The number of aromatic nitrogens is 4. The summed E-state index contributed by atoms with van der Waals surface area (Å²) < 4.78 is 1.85. The van der Waals surface area contributed by atoms with Crippen molar-refractivity contribution < 1.29 is 0 Å². The van der Waals surface area contributed by atoms with Crippen molar-refractivity contribution in [2.45, 2.75) is 44.2 Å². The Hall–Kier alpha value is -2.24. The summed E-state index contributed by atoms with van der Waals surface area (Å²) in [7, 11) is 0. The normalized spacial score (nSPS) is 16.5. The Balaban J connectivity index is 1.67. The lowest BCUT2D eigenvalue weighted by atomic mass is 9.80. The maximum atomic E-state index is 6.03. The zero-order chi connectivity index (χ0) is 17.8. The highest BCUT2D eigenvalue weighted by molar-refractivity contribution is 6.30. The summed E-state index contributed by atoms with van der Waals surface area (Å²) in [6.07, 6.45) is 5.68. The minimum atomic E-state index is -0.211. The Morgan fingerprint density at radius 2 is 1.69 bits per heavy atom. The van der Waals surface area contributed by atoms with Crippen LogP contribution in [0.15, 0.2) is 54.6 Å². The molecule has 1 fully saturated rings. The molecule has 1 aromatic heterocycles. The molecule has 1 heterocycles. The van der Waals surface area contributed by atoms with Crippen LogP contribution in [0.3, 0.4) is 0 Å². The van der Waals surface area contributed by atoms with Crippen molar-refractivity contribution >= 4 is 11.6 Å². The maximum absolute atomic E-state index is 6.03. The molecular formula is C20H22ClN5. The molecule has 2 aromatic carbocycles. The first kappa shape index (κ1) is 17.2. The Kier molecular flexibility index (Phi) is 5.00. The molecule has 0 amide bonds. The second-order valence-corrected chi connectivity index (χ2v) is 7.31. The van der Waals surface area contributed by atoms with Gasteiger partial charge in [0.25, 0.3) is 0 Å². The first-order chi connectivity index (χ1) is 12.8. The number of hydrogen-bond acceptors (Lipinski definition) is 4. The van der Waals surface area contributed by atoms with Gasteiger partial charge in [0.1, 0.15) is 0 Å². The second kappa shape index (κ2) is 7.56. The van der Waals surface area contributed by atoms with Crippen molar-refractivity contribution in [2.24, 2.45) is 0 Å². The summed E-state index contributed by atoms with van der Waals surface area (Å²) in [6, 6.07) is 18.1. The highest BCUT2D eigenvalue weighted by atomic mass is 35.5. The van der Waals surface area contributed by atoms with E-state index in [2.05, 4.69) is 45.1 Å². The fourth-order valence-corrected chi connectivity index (χ4v) is 3.87. The molecule has 0 bridgehead atoms. The smallest absolute Gasteiger partial charge is 0.176 e. The van der Waals surface area contributed by atoms with Crippen LogP contribution in [0.1, 0.15) is 43.5 Å². The van der Waals surface area contributed by atoms with E-state index in [0.717, 1.165) is 30.9 Å². The summed E-state index contributed by atoms with van der Waals surface area (Å²) in [4.78, 5) is 0. The fourth-order valence-electron chi connectivity index (χ4n) is 3.74.